The van der Waals surface area contributed by atoms with Gasteiger partial charge in [0.2, 0.25) is 0 Å². The molecule has 6 heteroatoms. The van der Waals surface area contributed by atoms with E-state index in [2.05, 4.69) is 10.1 Å². The summed E-state index contributed by atoms with van der Waals surface area (Å²) in [5, 5.41) is 5.36. The summed E-state index contributed by atoms with van der Waals surface area (Å²) in [6.07, 6.45) is 0. The Morgan fingerprint density at radius 2 is 1.92 bits per heavy atom. The number of halogens is 1. The number of aromatic nitrogens is 3. The number of nitrogens with one attached hydrogen (secondary N) is 1. The third-order valence-electron chi connectivity index (χ3n) is 3.99. The van der Waals surface area contributed by atoms with Crippen LogP contribution in [0, 0.1) is 6.92 Å². The van der Waals surface area contributed by atoms with Crippen molar-refractivity contribution in [3.63, 3.8) is 0 Å². The molecule has 24 heavy (non-hydrogen) atoms. The molecule has 0 fully saturated rings. The van der Waals surface area contributed by atoms with Crippen molar-refractivity contribution in [1.29, 1.82) is 0 Å². The van der Waals surface area contributed by atoms with Gasteiger partial charge in [0.05, 0.1) is 23.8 Å². The number of benzene rings is 2. The number of aromatic amines is 1. The van der Waals surface area contributed by atoms with Crippen LogP contribution in [-0.4, -0.2) is 21.9 Å². The fourth-order valence-electron chi connectivity index (χ4n) is 2.92. The number of nitrogens with zero attached hydrogens (tertiary/aromatic N) is 2. The number of rotatable bonds is 2. The fraction of sp³-hybridized carbons (Fsp3) is 0.111. The highest BCUT2D eigenvalue weighted by molar-refractivity contribution is 6.31. The average Bonchev–Trinajstić information content (AvgIpc) is 2.90. The van der Waals surface area contributed by atoms with Crippen LogP contribution in [0.3, 0.4) is 0 Å². The van der Waals surface area contributed by atoms with Gasteiger partial charge in [-0.2, -0.15) is 0 Å². The van der Waals surface area contributed by atoms with E-state index in [0.29, 0.717) is 10.8 Å². The van der Waals surface area contributed by atoms with Gasteiger partial charge >= 0.3 is 0 Å². The van der Waals surface area contributed by atoms with Gasteiger partial charge in [-0.1, -0.05) is 11.6 Å². The molecule has 0 amide bonds. The first-order valence-corrected chi connectivity index (χ1v) is 7.80. The molecule has 2 aromatic carbocycles. The van der Waals surface area contributed by atoms with E-state index in [1.807, 2.05) is 31.2 Å². The van der Waals surface area contributed by atoms with Crippen molar-refractivity contribution in [2.24, 2.45) is 0 Å². The van der Waals surface area contributed by atoms with Crippen molar-refractivity contribution in [1.82, 2.24) is 14.8 Å². The van der Waals surface area contributed by atoms with E-state index in [-0.39, 0.29) is 5.56 Å². The third kappa shape index (κ3) is 2.25. The number of H-pyrrole nitrogens is 1. The van der Waals surface area contributed by atoms with Gasteiger partial charge in [0.25, 0.3) is 5.56 Å². The monoisotopic (exact) mass is 339 g/mol. The Kier molecular flexibility index (Phi) is 3.32. The van der Waals surface area contributed by atoms with Crippen LogP contribution in [0.2, 0.25) is 5.02 Å². The van der Waals surface area contributed by atoms with Crippen LogP contribution in [0.25, 0.3) is 27.5 Å². The van der Waals surface area contributed by atoms with Crippen molar-refractivity contribution >= 4 is 33.4 Å². The number of hydrogen-bond donors (Lipinski definition) is 1. The maximum absolute atomic E-state index is 12.4. The minimum absolute atomic E-state index is 0.126. The SMILES string of the molecule is COc1ccc2nc3cc(Cl)ccc3c(-n3[nH]c(C)cc3=O)c2c1. The third-order valence-corrected chi connectivity index (χ3v) is 4.22. The molecule has 5 nitrogen and oxygen atoms in total. The molecule has 0 atom stereocenters. The molecule has 0 aliphatic heterocycles. The molecule has 4 aromatic rings. The number of pyridine rings is 1. The lowest BCUT2D eigenvalue weighted by Crippen LogP contribution is -2.14. The first-order valence-electron chi connectivity index (χ1n) is 7.43. The number of fused-ring (bicyclic) bond motifs is 2. The molecule has 0 radical (unpaired) electrons. The molecule has 4 rings (SSSR count). The highest BCUT2D eigenvalue weighted by atomic mass is 35.5. The molecule has 120 valence electrons. The van der Waals surface area contributed by atoms with Gasteiger partial charge in [-0.3, -0.25) is 9.89 Å². The quantitative estimate of drug-likeness (QED) is 0.564. The Hall–Kier alpha value is -2.79. The largest absolute Gasteiger partial charge is 0.497 e. The highest BCUT2D eigenvalue weighted by Gasteiger charge is 2.14. The zero-order valence-corrected chi connectivity index (χ0v) is 13.9. The van der Waals surface area contributed by atoms with E-state index in [1.54, 1.807) is 25.3 Å². The number of aryl methyl sites for hydroxylation is 1. The fourth-order valence-corrected chi connectivity index (χ4v) is 3.09. The summed E-state index contributed by atoms with van der Waals surface area (Å²) in [6.45, 7) is 1.85. The molecule has 0 bridgehead atoms. The first-order chi connectivity index (χ1) is 11.6. The smallest absolute Gasteiger partial charge is 0.271 e. The van der Waals surface area contributed by atoms with Gasteiger partial charge in [-0.15, -0.1) is 0 Å². The van der Waals surface area contributed by atoms with E-state index in [9.17, 15) is 4.79 Å². The van der Waals surface area contributed by atoms with Crippen LogP contribution in [0.1, 0.15) is 5.69 Å². The summed E-state index contributed by atoms with van der Waals surface area (Å²) in [6, 6.07) is 12.6. The van der Waals surface area contributed by atoms with E-state index < -0.39 is 0 Å². The summed E-state index contributed by atoms with van der Waals surface area (Å²) < 4.78 is 6.87. The number of ether oxygens (including phenoxy) is 1. The van der Waals surface area contributed by atoms with Crippen LogP contribution in [0.5, 0.6) is 5.75 Å². The van der Waals surface area contributed by atoms with Crippen molar-refractivity contribution in [3.05, 3.63) is 63.5 Å². The van der Waals surface area contributed by atoms with Crippen LogP contribution in [0.4, 0.5) is 0 Å². The number of hydrogen-bond acceptors (Lipinski definition) is 3. The molecular weight excluding hydrogens is 326 g/mol. The van der Waals surface area contributed by atoms with Crippen LogP contribution < -0.4 is 10.3 Å². The standard InChI is InChI=1S/C18H14ClN3O2/c1-10-7-17(23)22(21-10)18-13-5-3-11(19)8-16(13)20-15-6-4-12(24-2)9-14(15)18/h3-9,21H,1-2H3. The Balaban J connectivity index is 2.23. The van der Waals surface area contributed by atoms with Crippen molar-refractivity contribution in [3.8, 4) is 11.4 Å². The Bertz CT molecular complexity index is 1140. The topological polar surface area (TPSA) is 59.9 Å². The molecule has 2 heterocycles. The summed E-state index contributed by atoms with van der Waals surface area (Å²) in [4.78, 5) is 17.1. The molecule has 0 spiro atoms. The Morgan fingerprint density at radius 3 is 2.62 bits per heavy atom. The second-order valence-corrected chi connectivity index (χ2v) is 6.05. The van der Waals surface area contributed by atoms with Gasteiger partial charge in [0.1, 0.15) is 5.75 Å². The minimum Gasteiger partial charge on any atom is -0.497 e. The van der Waals surface area contributed by atoms with Gasteiger partial charge in [0.15, 0.2) is 0 Å². The van der Waals surface area contributed by atoms with Crippen molar-refractivity contribution < 1.29 is 4.74 Å². The van der Waals surface area contributed by atoms with Crippen molar-refractivity contribution in [2.75, 3.05) is 7.11 Å². The van der Waals surface area contributed by atoms with Crippen LogP contribution in [-0.2, 0) is 0 Å². The molecule has 0 saturated carbocycles. The van der Waals surface area contributed by atoms with Gasteiger partial charge < -0.3 is 4.74 Å². The Labute approximate surface area is 142 Å². The molecule has 2 aromatic heterocycles. The maximum atomic E-state index is 12.4. The highest BCUT2D eigenvalue weighted by Crippen LogP contribution is 2.32. The lowest BCUT2D eigenvalue weighted by atomic mass is 10.1. The molecule has 0 aliphatic carbocycles. The second kappa shape index (κ2) is 5.39. The summed E-state index contributed by atoms with van der Waals surface area (Å²) in [7, 11) is 1.61. The van der Waals surface area contributed by atoms with Crippen molar-refractivity contribution in [2.45, 2.75) is 6.92 Å². The zero-order valence-electron chi connectivity index (χ0n) is 13.1. The molecule has 0 aliphatic rings. The summed E-state index contributed by atoms with van der Waals surface area (Å²) >= 11 is 6.11. The maximum Gasteiger partial charge on any atom is 0.271 e. The van der Waals surface area contributed by atoms with Crippen LogP contribution >= 0.6 is 11.6 Å². The first kappa shape index (κ1) is 14.8. The normalized spacial score (nSPS) is 11.3. The second-order valence-electron chi connectivity index (χ2n) is 5.62. The Morgan fingerprint density at radius 1 is 1.08 bits per heavy atom. The van der Waals surface area contributed by atoms with E-state index in [4.69, 9.17) is 16.3 Å². The molecular formula is C18H14ClN3O2. The zero-order chi connectivity index (χ0) is 16.8. The molecule has 0 saturated heterocycles. The predicted molar refractivity (Wildman–Crippen MR) is 95.5 cm³/mol. The lowest BCUT2D eigenvalue weighted by Gasteiger charge is -2.12. The molecule has 1 N–H and O–H groups in total. The predicted octanol–water partition coefficient (Wildman–Crippen LogP) is 3.84. The average molecular weight is 340 g/mol. The van der Waals surface area contributed by atoms with E-state index >= 15 is 0 Å². The van der Waals surface area contributed by atoms with Gasteiger partial charge in [-0.25, -0.2) is 9.67 Å². The summed E-state index contributed by atoms with van der Waals surface area (Å²) in [5.74, 6) is 0.704. The van der Waals surface area contributed by atoms with Crippen LogP contribution in [0.15, 0.2) is 47.3 Å². The molecule has 0 unspecified atom stereocenters. The van der Waals surface area contributed by atoms with Gasteiger partial charge in [0, 0.05) is 27.6 Å². The van der Waals surface area contributed by atoms with E-state index in [0.717, 1.165) is 33.2 Å². The van der Waals surface area contributed by atoms with E-state index in [1.165, 1.54) is 4.68 Å². The number of methoxy groups -OCH3 is 1. The lowest BCUT2D eigenvalue weighted by molar-refractivity contribution is 0.415. The minimum atomic E-state index is -0.126. The summed E-state index contributed by atoms with van der Waals surface area (Å²) in [5.41, 5.74) is 2.90. The van der Waals surface area contributed by atoms with Gasteiger partial charge in [-0.05, 0) is 43.3 Å².